The third-order valence-corrected chi connectivity index (χ3v) is 6.63. The highest BCUT2D eigenvalue weighted by Gasteiger charge is 2.11. The van der Waals surface area contributed by atoms with Gasteiger partial charge in [-0.1, -0.05) is 10.2 Å². The van der Waals surface area contributed by atoms with E-state index in [4.69, 9.17) is 0 Å². The van der Waals surface area contributed by atoms with Gasteiger partial charge in [0.05, 0.1) is 53.0 Å². The van der Waals surface area contributed by atoms with Gasteiger partial charge in [-0.3, -0.25) is 0 Å². The molecule has 0 saturated carbocycles. The van der Waals surface area contributed by atoms with Gasteiger partial charge in [-0.15, -0.1) is 0 Å². The smallest absolute Gasteiger partial charge is 0.421 e. The Morgan fingerprint density at radius 1 is 0.643 bits per heavy atom. The van der Waals surface area contributed by atoms with E-state index in [2.05, 4.69) is 43.0 Å². The lowest BCUT2D eigenvalue weighted by Crippen LogP contribution is -3.00. The van der Waals surface area contributed by atoms with Crippen LogP contribution in [0.2, 0.25) is 0 Å². The zero-order chi connectivity index (χ0) is 28.3. The van der Waals surface area contributed by atoms with Crippen molar-refractivity contribution in [1.29, 1.82) is 0 Å². The van der Waals surface area contributed by atoms with Gasteiger partial charge in [0.2, 0.25) is 0 Å². The molecular weight excluding hydrogens is 573 g/mol. The van der Waals surface area contributed by atoms with Crippen molar-refractivity contribution in [1.82, 2.24) is 14.0 Å². The van der Waals surface area contributed by atoms with Crippen molar-refractivity contribution in [3.8, 4) is 0 Å². The number of aromatic nitrogens is 4. The lowest BCUT2D eigenvalue weighted by Gasteiger charge is -2.17. The molecule has 0 unspecified atom stereocenters. The average molecular weight is 615 g/mol. The van der Waals surface area contributed by atoms with Crippen molar-refractivity contribution < 1.29 is 33.9 Å². The summed E-state index contributed by atoms with van der Waals surface area (Å²) in [6.45, 7) is 3.94. The molecule has 0 radical (unpaired) electrons. The summed E-state index contributed by atoms with van der Waals surface area (Å²) in [6, 6.07) is 16.1. The van der Waals surface area contributed by atoms with Gasteiger partial charge in [0.25, 0.3) is 0 Å². The van der Waals surface area contributed by atoms with Gasteiger partial charge in [0.1, 0.15) is 11.4 Å². The zero-order valence-corrected chi connectivity index (χ0v) is 26.5. The second kappa shape index (κ2) is 17.2. The Morgan fingerprint density at radius 2 is 1.02 bits per heavy atom. The number of nitrogens with zero attached hydrogens (tertiary/aromatic N) is 9. The van der Waals surface area contributed by atoms with Crippen LogP contribution in [-0.4, -0.2) is 47.3 Å². The lowest BCUT2D eigenvalue weighted by molar-refractivity contribution is -0.657. The monoisotopic (exact) mass is 613 g/mol. The number of aryl methyl sites for hydroxylation is 4. The van der Waals surface area contributed by atoms with E-state index in [1.54, 1.807) is 0 Å². The summed E-state index contributed by atoms with van der Waals surface area (Å²) in [6.07, 6.45) is 9.98. The minimum absolute atomic E-state index is 0. The Morgan fingerprint density at radius 3 is 1.36 bits per heavy atom. The van der Waals surface area contributed by atoms with Crippen LogP contribution >= 0.6 is 0 Å². The molecular formula is C29H41Cl2N11. The fourth-order valence-electron chi connectivity index (χ4n) is 4.22. The van der Waals surface area contributed by atoms with Gasteiger partial charge in [0.15, 0.2) is 0 Å². The number of hydrogen-bond acceptors (Lipinski definition) is 7. The second-order valence-corrected chi connectivity index (χ2v) is 10.00. The quantitative estimate of drug-likeness (QED) is 0.109. The number of rotatable bonds is 14. The van der Waals surface area contributed by atoms with Crippen LogP contribution < -0.4 is 44.6 Å². The van der Waals surface area contributed by atoms with Gasteiger partial charge >= 0.3 is 11.9 Å². The molecule has 2 N–H and O–H groups in total. The Kier molecular flexibility index (Phi) is 14.1. The van der Waals surface area contributed by atoms with Crippen LogP contribution in [-0.2, 0) is 28.2 Å². The number of benzene rings is 2. The first kappa shape index (κ1) is 34.4. The molecule has 0 bridgehead atoms. The van der Waals surface area contributed by atoms with E-state index in [0.29, 0.717) is 0 Å². The largest absolute Gasteiger partial charge is 1.00 e. The molecule has 0 fully saturated rings. The number of nitrogens with one attached hydrogen (secondary N) is 2. The number of halogens is 2. The van der Waals surface area contributed by atoms with E-state index in [9.17, 15) is 0 Å². The predicted molar refractivity (Wildman–Crippen MR) is 158 cm³/mol. The average Bonchev–Trinajstić information content (AvgIpc) is 3.46. The van der Waals surface area contributed by atoms with E-state index in [1.807, 2.05) is 120 Å². The van der Waals surface area contributed by atoms with Gasteiger partial charge in [0, 0.05) is 34.7 Å². The molecule has 0 saturated heterocycles. The van der Waals surface area contributed by atoms with E-state index in [0.717, 1.165) is 73.7 Å². The molecule has 0 atom stereocenters. The first-order chi connectivity index (χ1) is 19.4. The van der Waals surface area contributed by atoms with Gasteiger partial charge < -0.3 is 40.3 Å². The maximum absolute atomic E-state index is 4.35. The summed E-state index contributed by atoms with van der Waals surface area (Å²) >= 11 is 0. The molecule has 226 valence electrons. The molecule has 0 amide bonds. The molecule has 13 heteroatoms. The molecule has 11 nitrogen and oxygen atoms in total. The Labute approximate surface area is 260 Å². The molecule has 0 aliphatic carbocycles. The van der Waals surface area contributed by atoms with E-state index in [1.165, 1.54) is 0 Å². The fraction of sp³-hybridized carbons (Fsp3) is 0.379. The first-order valence-electron chi connectivity index (χ1n) is 13.6. The molecule has 2 aromatic carbocycles. The van der Waals surface area contributed by atoms with Gasteiger partial charge in [-0.2, -0.15) is 0 Å². The SMILES string of the molecule is CN(CCCNc1ccc(/N=N/c2n(C)cc[n+]2C)cc1)CCCNc1ccc(/N=N/c2n(C)cc[n+]2C)cc1.[Cl-].[Cl-]. The van der Waals surface area contributed by atoms with E-state index < -0.39 is 0 Å². The Hall–Kier alpha value is -3.80. The highest BCUT2D eigenvalue weighted by molar-refractivity contribution is 5.51. The number of azo groups is 2. The third kappa shape index (κ3) is 10.2. The second-order valence-electron chi connectivity index (χ2n) is 10.00. The highest BCUT2D eigenvalue weighted by atomic mass is 35.5. The zero-order valence-electron chi connectivity index (χ0n) is 25.0. The lowest BCUT2D eigenvalue weighted by atomic mass is 10.2. The first-order valence-corrected chi connectivity index (χ1v) is 13.6. The van der Waals surface area contributed by atoms with Crippen LogP contribution in [0.3, 0.4) is 0 Å². The normalized spacial score (nSPS) is 11.2. The highest BCUT2D eigenvalue weighted by Crippen LogP contribution is 2.20. The Bertz CT molecular complexity index is 1260. The van der Waals surface area contributed by atoms with Crippen molar-refractivity contribution in [3.05, 3.63) is 73.3 Å². The summed E-state index contributed by atoms with van der Waals surface area (Å²) in [5.41, 5.74) is 3.85. The van der Waals surface area contributed by atoms with Crippen LogP contribution in [0.1, 0.15) is 12.8 Å². The van der Waals surface area contributed by atoms with Crippen LogP contribution in [0.5, 0.6) is 0 Å². The van der Waals surface area contributed by atoms with Crippen molar-refractivity contribution >= 4 is 34.6 Å². The minimum Gasteiger partial charge on any atom is -1.00 e. The van der Waals surface area contributed by atoms with E-state index >= 15 is 0 Å². The maximum Gasteiger partial charge on any atom is 0.421 e. The number of anilines is 2. The topological polar surface area (TPSA) is 94.4 Å². The van der Waals surface area contributed by atoms with Gasteiger partial charge in [-0.25, -0.2) is 18.3 Å². The summed E-state index contributed by atoms with van der Waals surface area (Å²) in [5, 5.41) is 24.4. The standard InChI is InChI=1S/C29H39N11.2ClH/c1-36(18-6-16-30-24-8-12-26(13-9-24)32-34-28-37(2)20-21-38(28)3)19-7-17-31-25-10-14-27(15-11-25)33-35-29-39(4)22-23-40(29)5;;/h8-15,20-23H,6-7,16-19H2,1-5H3;2*1H. The maximum atomic E-state index is 4.35. The Balaban J connectivity index is 0.00000308. The summed E-state index contributed by atoms with van der Waals surface area (Å²) in [7, 11) is 10.0. The number of hydrogen-bond donors (Lipinski definition) is 2. The van der Waals surface area contributed by atoms with Crippen molar-refractivity contribution in [2.24, 2.45) is 48.6 Å². The van der Waals surface area contributed by atoms with Crippen molar-refractivity contribution in [2.45, 2.75) is 12.8 Å². The van der Waals surface area contributed by atoms with Crippen molar-refractivity contribution in [2.75, 3.05) is 43.9 Å². The van der Waals surface area contributed by atoms with Crippen LogP contribution in [0.4, 0.5) is 34.6 Å². The van der Waals surface area contributed by atoms with Gasteiger partial charge in [-0.05, 0) is 81.5 Å². The summed E-state index contributed by atoms with van der Waals surface area (Å²) in [4.78, 5) is 2.38. The summed E-state index contributed by atoms with van der Waals surface area (Å²) in [5.74, 6) is 1.60. The third-order valence-electron chi connectivity index (χ3n) is 6.63. The molecule has 0 spiro atoms. The molecule has 4 aromatic rings. The summed E-state index contributed by atoms with van der Waals surface area (Å²) < 4.78 is 7.75. The van der Waals surface area contributed by atoms with Crippen LogP contribution in [0.15, 0.2) is 93.8 Å². The molecule has 0 aliphatic rings. The van der Waals surface area contributed by atoms with Crippen LogP contribution in [0.25, 0.3) is 0 Å². The van der Waals surface area contributed by atoms with Crippen molar-refractivity contribution in [3.63, 3.8) is 0 Å². The molecule has 2 heterocycles. The predicted octanol–water partition coefficient (Wildman–Crippen LogP) is -0.913. The minimum atomic E-state index is 0. The molecule has 0 aliphatic heterocycles. The molecule has 4 rings (SSSR count). The molecule has 42 heavy (non-hydrogen) atoms. The van der Waals surface area contributed by atoms with E-state index in [-0.39, 0.29) is 24.8 Å². The fourth-order valence-corrected chi connectivity index (χ4v) is 4.22. The molecule has 2 aromatic heterocycles. The number of imidazole rings is 2. The van der Waals surface area contributed by atoms with Crippen LogP contribution in [0, 0.1) is 0 Å².